The molecule has 1 saturated heterocycles. The Kier molecular flexibility index (Phi) is 5.47. The second-order valence-electron chi connectivity index (χ2n) is 16.9. The van der Waals surface area contributed by atoms with Gasteiger partial charge in [-0.3, -0.25) is 4.79 Å². The summed E-state index contributed by atoms with van der Waals surface area (Å²) in [6.07, 6.45) is 7.46. The molecule has 4 fully saturated rings. The highest BCUT2D eigenvalue weighted by Crippen LogP contribution is 2.75. The Morgan fingerprint density at radius 2 is 1.65 bits per heavy atom. The predicted molar refractivity (Wildman–Crippen MR) is 160 cm³/mol. The van der Waals surface area contributed by atoms with E-state index in [2.05, 4.69) is 84.6 Å². The number of para-hydroxylation sites is 1. The number of hydrogen-bond acceptors (Lipinski definition) is 3. The number of ketones is 1. The number of aromatic nitrogens is 1. The standard InChI is InChI=1S/C36H51NO3/c1-31(2)15-11-16-36(8,40-31)23-14-17-34(6)28(23)25(38)18-27-33(5)19-22-21-12-9-10-13-24(21)37-30(22)32(3,4)29(33)26(39)20-35(27,34)7/h9-10,12-13,23,25,27-29,37-38H,11,14-20H2,1-8H3/t23-,25+,27+,28-,29-,33+,34+,35+,36+/m0/s1. The van der Waals surface area contributed by atoms with Gasteiger partial charge in [0.25, 0.3) is 0 Å². The monoisotopic (exact) mass is 545 g/mol. The second-order valence-corrected chi connectivity index (χ2v) is 16.9. The fourth-order valence-electron chi connectivity index (χ4n) is 12.5. The highest BCUT2D eigenvalue weighted by atomic mass is 16.5. The molecule has 0 radical (unpaired) electrons. The lowest BCUT2D eigenvalue weighted by molar-refractivity contribution is -0.239. The molecule has 4 aliphatic carbocycles. The van der Waals surface area contributed by atoms with Crippen molar-refractivity contribution in [1.29, 1.82) is 0 Å². The Morgan fingerprint density at radius 3 is 2.38 bits per heavy atom. The first kappa shape index (κ1) is 27.2. The van der Waals surface area contributed by atoms with Gasteiger partial charge in [-0.05, 0) is 111 Å². The minimum Gasteiger partial charge on any atom is -0.393 e. The number of benzene rings is 1. The molecule has 4 heteroatoms. The molecule has 9 atom stereocenters. The van der Waals surface area contributed by atoms with Crippen LogP contribution in [0.4, 0.5) is 0 Å². The van der Waals surface area contributed by atoms with Crippen molar-refractivity contribution in [3.8, 4) is 0 Å². The Labute approximate surface area is 241 Å². The summed E-state index contributed by atoms with van der Waals surface area (Å²) < 4.78 is 6.90. The summed E-state index contributed by atoms with van der Waals surface area (Å²) in [4.78, 5) is 18.3. The maximum absolute atomic E-state index is 14.6. The van der Waals surface area contributed by atoms with Gasteiger partial charge in [-0.25, -0.2) is 0 Å². The zero-order valence-corrected chi connectivity index (χ0v) is 26.1. The zero-order chi connectivity index (χ0) is 28.7. The molecule has 1 aromatic heterocycles. The van der Waals surface area contributed by atoms with E-state index in [0.29, 0.717) is 18.1 Å². The molecular formula is C36H51NO3. The molecule has 2 aromatic rings. The van der Waals surface area contributed by atoms with Crippen molar-refractivity contribution in [1.82, 2.24) is 4.98 Å². The third-order valence-corrected chi connectivity index (χ3v) is 13.9. The van der Waals surface area contributed by atoms with E-state index in [1.54, 1.807) is 0 Å². The third-order valence-electron chi connectivity index (χ3n) is 13.9. The van der Waals surface area contributed by atoms with Crippen LogP contribution in [0.2, 0.25) is 0 Å². The molecule has 0 bridgehead atoms. The van der Waals surface area contributed by atoms with Gasteiger partial charge in [0.2, 0.25) is 0 Å². The number of aliphatic hydroxyl groups is 1. The van der Waals surface area contributed by atoms with Gasteiger partial charge in [0.15, 0.2) is 0 Å². The average Bonchev–Trinajstić information content (AvgIpc) is 3.40. The van der Waals surface area contributed by atoms with E-state index >= 15 is 0 Å². The third kappa shape index (κ3) is 3.24. The van der Waals surface area contributed by atoms with Crippen LogP contribution < -0.4 is 0 Å². The largest absolute Gasteiger partial charge is 0.393 e. The number of H-pyrrole nitrogens is 1. The number of aromatic amines is 1. The van der Waals surface area contributed by atoms with Crippen LogP contribution in [0.1, 0.15) is 112 Å². The number of ether oxygens (including phenoxy) is 1. The van der Waals surface area contributed by atoms with Crippen LogP contribution in [0.5, 0.6) is 0 Å². The molecule has 218 valence electrons. The number of carbonyl (C=O) groups excluding carboxylic acids is 1. The Hall–Kier alpha value is -1.65. The average molecular weight is 546 g/mol. The molecule has 0 unspecified atom stereocenters. The van der Waals surface area contributed by atoms with Gasteiger partial charge in [0.05, 0.1) is 17.3 Å². The first-order chi connectivity index (χ1) is 18.6. The maximum atomic E-state index is 14.6. The fourth-order valence-corrected chi connectivity index (χ4v) is 12.5. The van der Waals surface area contributed by atoms with Crippen molar-refractivity contribution in [2.24, 2.45) is 39.9 Å². The van der Waals surface area contributed by atoms with Crippen LogP contribution in [0.25, 0.3) is 10.9 Å². The summed E-state index contributed by atoms with van der Waals surface area (Å²) in [5.41, 5.74) is 2.76. The van der Waals surface area contributed by atoms with Gasteiger partial charge in [-0.1, -0.05) is 52.8 Å². The van der Waals surface area contributed by atoms with E-state index in [9.17, 15) is 9.90 Å². The smallest absolute Gasteiger partial charge is 0.138 e. The lowest BCUT2D eigenvalue weighted by Crippen LogP contribution is -2.69. The molecule has 1 aliphatic heterocycles. The fraction of sp³-hybridized carbons (Fsp3) is 0.750. The number of hydrogen-bond donors (Lipinski definition) is 2. The normalized spacial score (nSPS) is 47.3. The van der Waals surface area contributed by atoms with Crippen LogP contribution in [0.3, 0.4) is 0 Å². The SMILES string of the molecule is CC1(C)CCC[C@](C)([C@H]2CC[C@]3(C)[C@@H]2[C@H](O)C[C@@H]2[C@@]4(C)Cc5c([nH]c6ccccc56)C(C)(C)[C@@H]4C(=O)C[C@]23C)O1. The van der Waals surface area contributed by atoms with E-state index in [0.717, 1.165) is 38.5 Å². The predicted octanol–water partition coefficient (Wildman–Crippen LogP) is 7.75. The summed E-state index contributed by atoms with van der Waals surface area (Å²) in [5.74, 6) is 1.17. The van der Waals surface area contributed by atoms with Crippen molar-refractivity contribution in [2.75, 3.05) is 0 Å². The van der Waals surface area contributed by atoms with Crippen molar-refractivity contribution < 1.29 is 14.6 Å². The quantitative estimate of drug-likeness (QED) is 0.385. The zero-order valence-electron chi connectivity index (χ0n) is 26.1. The number of fused-ring (bicyclic) bond motifs is 8. The summed E-state index contributed by atoms with van der Waals surface area (Å²) in [6, 6.07) is 8.65. The van der Waals surface area contributed by atoms with Crippen LogP contribution >= 0.6 is 0 Å². The molecule has 0 spiro atoms. The molecule has 3 saturated carbocycles. The van der Waals surface area contributed by atoms with Crippen molar-refractivity contribution in [3.05, 3.63) is 35.5 Å². The Morgan fingerprint density at radius 1 is 0.925 bits per heavy atom. The topological polar surface area (TPSA) is 62.3 Å². The van der Waals surface area contributed by atoms with E-state index in [1.165, 1.54) is 28.6 Å². The van der Waals surface area contributed by atoms with Crippen molar-refractivity contribution in [3.63, 3.8) is 0 Å². The van der Waals surface area contributed by atoms with E-state index in [-0.39, 0.29) is 56.7 Å². The van der Waals surface area contributed by atoms with E-state index < -0.39 is 0 Å². The van der Waals surface area contributed by atoms with Crippen molar-refractivity contribution in [2.45, 2.75) is 129 Å². The van der Waals surface area contributed by atoms with Crippen LogP contribution in [-0.2, 0) is 21.4 Å². The summed E-state index contributed by atoms with van der Waals surface area (Å²) in [7, 11) is 0. The van der Waals surface area contributed by atoms with Crippen molar-refractivity contribution >= 4 is 16.7 Å². The van der Waals surface area contributed by atoms with Crippen LogP contribution in [-0.4, -0.2) is 33.2 Å². The van der Waals surface area contributed by atoms with Gasteiger partial charge in [0, 0.05) is 34.4 Å². The number of carbonyl (C=O) groups is 1. The maximum Gasteiger partial charge on any atom is 0.138 e. The first-order valence-electron chi connectivity index (χ1n) is 16.1. The van der Waals surface area contributed by atoms with Gasteiger partial charge in [0.1, 0.15) is 5.78 Å². The minimum atomic E-state index is -0.362. The molecular weight excluding hydrogens is 494 g/mol. The number of aliphatic hydroxyl groups excluding tert-OH is 1. The molecule has 40 heavy (non-hydrogen) atoms. The number of nitrogens with one attached hydrogen (secondary N) is 1. The number of rotatable bonds is 1. The molecule has 2 N–H and O–H groups in total. The van der Waals surface area contributed by atoms with Gasteiger partial charge >= 0.3 is 0 Å². The highest BCUT2D eigenvalue weighted by molar-refractivity contribution is 5.90. The summed E-state index contributed by atoms with van der Waals surface area (Å²) in [5, 5.41) is 13.5. The lowest BCUT2D eigenvalue weighted by Gasteiger charge is -2.69. The van der Waals surface area contributed by atoms with E-state index in [4.69, 9.17) is 4.74 Å². The Bertz CT molecular complexity index is 1390. The molecule has 1 aromatic carbocycles. The van der Waals surface area contributed by atoms with Gasteiger partial charge < -0.3 is 14.8 Å². The highest BCUT2D eigenvalue weighted by Gasteiger charge is 2.73. The summed E-state index contributed by atoms with van der Waals surface area (Å²) >= 11 is 0. The van der Waals surface area contributed by atoms with Gasteiger partial charge in [-0.2, -0.15) is 0 Å². The summed E-state index contributed by atoms with van der Waals surface area (Å²) in [6.45, 7) is 18.7. The molecule has 5 aliphatic rings. The van der Waals surface area contributed by atoms with E-state index in [1.807, 2.05) is 0 Å². The van der Waals surface area contributed by atoms with Crippen LogP contribution in [0, 0.1) is 39.9 Å². The molecule has 7 rings (SSSR count). The molecule has 0 amide bonds. The van der Waals surface area contributed by atoms with Crippen LogP contribution in [0.15, 0.2) is 24.3 Å². The number of Topliss-reactive ketones (excluding diaryl/α,β-unsaturated/α-hetero) is 1. The Balaban J connectivity index is 1.33. The lowest BCUT2D eigenvalue weighted by atomic mass is 9.35. The minimum absolute atomic E-state index is 0.0526. The first-order valence-corrected chi connectivity index (χ1v) is 16.1. The second kappa shape index (κ2) is 8.04. The molecule has 4 nitrogen and oxygen atoms in total. The van der Waals surface area contributed by atoms with Gasteiger partial charge in [-0.15, -0.1) is 0 Å². The molecule has 2 heterocycles.